The van der Waals surface area contributed by atoms with Gasteiger partial charge in [0, 0.05) is 36.9 Å². The van der Waals surface area contributed by atoms with E-state index in [1.165, 1.54) is 11.0 Å². The fraction of sp³-hybridized carbons (Fsp3) is 0.238. The monoisotopic (exact) mass is 429 g/mol. The maximum atomic E-state index is 13.0. The van der Waals surface area contributed by atoms with Crippen LogP contribution in [0.3, 0.4) is 0 Å². The first kappa shape index (κ1) is 21.4. The van der Waals surface area contributed by atoms with Gasteiger partial charge in [-0.1, -0.05) is 0 Å². The van der Waals surface area contributed by atoms with Crippen molar-refractivity contribution in [3.05, 3.63) is 59.3 Å². The Labute approximate surface area is 174 Å². The average Bonchev–Trinajstić information content (AvgIpc) is 3.05. The number of nitrogens with zero attached hydrogens (tertiary/aromatic N) is 2. The van der Waals surface area contributed by atoms with Gasteiger partial charge >= 0.3 is 5.97 Å². The lowest BCUT2D eigenvalue weighted by atomic mass is 10.1. The molecule has 2 aromatic carbocycles. The molecule has 1 aromatic heterocycles. The Balaban J connectivity index is 1.94. The highest BCUT2D eigenvalue weighted by molar-refractivity contribution is 7.92. The average molecular weight is 429 g/mol. The number of carbonyl (C=O) groups excluding carboxylic acids is 1. The van der Waals surface area contributed by atoms with Crippen molar-refractivity contribution >= 4 is 38.5 Å². The number of nitrogens with one attached hydrogen (secondary N) is 1. The van der Waals surface area contributed by atoms with Crippen LogP contribution < -0.4 is 4.72 Å². The predicted molar refractivity (Wildman–Crippen MR) is 114 cm³/mol. The molecule has 0 aliphatic carbocycles. The molecular weight excluding hydrogens is 406 g/mol. The second-order valence-electron chi connectivity index (χ2n) is 7.33. The van der Waals surface area contributed by atoms with Crippen LogP contribution in [0.5, 0.6) is 0 Å². The predicted octanol–water partition coefficient (Wildman–Crippen LogP) is 2.85. The molecule has 9 heteroatoms. The Morgan fingerprint density at radius 2 is 1.80 bits per heavy atom. The van der Waals surface area contributed by atoms with Crippen LogP contribution in [0.15, 0.2) is 47.5 Å². The molecule has 0 atom stereocenters. The summed E-state index contributed by atoms with van der Waals surface area (Å²) in [4.78, 5) is 24.7. The van der Waals surface area contributed by atoms with Crippen LogP contribution in [0.1, 0.15) is 21.5 Å². The number of aromatic carboxylic acids is 1. The van der Waals surface area contributed by atoms with Crippen molar-refractivity contribution in [3.63, 3.8) is 0 Å². The van der Waals surface area contributed by atoms with Gasteiger partial charge in [0.25, 0.3) is 10.0 Å². The van der Waals surface area contributed by atoms with Crippen LogP contribution in [0, 0.1) is 13.8 Å². The summed E-state index contributed by atoms with van der Waals surface area (Å²) in [6.45, 7) is 3.49. The summed E-state index contributed by atoms with van der Waals surface area (Å²) in [6, 6.07) is 9.43. The van der Waals surface area contributed by atoms with Crippen LogP contribution in [0.4, 0.5) is 5.69 Å². The first-order valence-electron chi connectivity index (χ1n) is 9.16. The number of rotatable bonds is 6. The second kappa shape index (κ2) is 7.83. The normalized spacial score (nSPS) is 11.5. The molecule has 0 fully saturated rings. The molecular formula is C21H23N3O5S. The molecule has 0 saturated heterocycles. The number of benzene rings is 2. The lowest BCUT2D eigenvalue weighted by Crippen LogP contribution is -2.25. The van der Waals surface area contributed by atoms with Gasteiger partial charge in [0.1, 0.15) is 6.54 Å². The van der Waals surface area contributed by atoms with Gasteiger partial charge in [-0.2, -0.15) is 0 Å². The number of sulfonamides is 1. The minimum absolute atomic E-state index is 0.0542. The third-order valence-corrected chi connectivity index (χ3v) is 6.49. The quantitative estimate of drug-likeness (QED) is 0.626. The van der Waals surface area contributed by atoms with Gasteiger partial charge in [0.2, 0.25) is 5.91 Å². The van der Waals surface area contributed by atoms with Gasteiger partial charge in [0.15, 0.2) is 0 Å². The van der Waals surface area contributed by atoms with Gasteiger partial charge in [-0.05, 0) is 61.4 Å². The molecule has 2 N–H and O–H groups in total. The number of hydrogen-bond acceptors (Lipinski definition) is 4. The summed E-state index contributed by atoms with van der Waals surface area (Å²) >= 11 is 0. The molecule has 0 saturated carbocycles. The summed E-state index contributed by atoms with van der Waals surface area (Å²) in [6.07, 6.45) is 1.77. The fourth-order valence-electron chi connectivity index (χ4n) is 3.13. The van der Waals surface area contributed by atoms with Crippen molar-refractivity contribution in [3.8, 4) is 0 Å². The van der Waals surface area contributed by atoms with Crippen molar-refractivity contribution in [2.75, 3.05) is 18.8 Å². The second-order valence-corrected chi connectivity index (χ2v) is 8.98. The van der Waals surface area contributed by atoms with Crippen LogP contribution in [-0.4, -0.2) is 49.0 Å². The van der Waals surface area contributed by atoms with E-state index in [2.05, 4.69) is 4.72 Å². The van der Waals surface area contributed by atoms with E-state index in [-0.39, 0.29) is 22.9 Å². The van der Waals surface area contributed by atoms with E-state index < -0.39 is 16.0 Å². The number of amides is 1. The number of anilines is 1. The zero-order chi connectivity index (χ0) is 22.2. The minimum Gasteiger partial charge on any atom is -0.478 e. The molecule has 0 aliphatic heterocycles. The van der Waals surface area contributed by atoms with Gasteiger partial charge < -0.3 is 14.6 Å². The summed E-state index contributed by atoms with van der Waals surface area (Å²) in [7, 11) is -0.627. The number of carboxylic acids is 1. The molecule has 1 amide bonds. The molecule has 30 heavy (non-hydrogen) atoms. The Bertz CT molecular complexity index is 1260. The topological polar surface area (TPSA) is 109 Å². The summed E-state index contributed by atoms with van der Waals surface area (Å²) < 4.78 is 30.2. The molecule has 8 nitrogen and oxygen atoms in total. The van der Waals surface area contributed by atoms with E-state index in [0.717, 1.165) is 17.0 Å². The van der Waals surface area contributed by atoms with E-state index in [0.29, 0.717) is 16.8 Å². The van der Waals surface area contributed by atoms with Crippen LogP contribution >= 0.6 is 0 Å². The highest BCUT2D eigenvalue weighted by Gasteiger charge is 2.21. The number of aromatic nitrogens is 1. The van der Waals surface area contributed by atoms with Crippen molar-refractivity contribution < 1.29 is 23.1 Å². The highest BCUT2D eigenvalue weighted by atomic mass is 32.2. The van der Waals surface area contributed by atoms with Gasteiger partial charge in [-0.15, -0.1) is 0 Å². The zero-order valence-corrected chi connectivity index (χ0v) is 17.9. The summed E-state index contributed by atoms with van der Waals surface area (Å²) in [5.41, 5.74) is 2.12. The smallest absolute Gasteiger partial charge is 0.335 e. The third-order valence-electron chi connectivity index (χ3n) is 4.98. The van der Waals surface area contributed by atoms with E-state index in [9.17, 15) is 23.1 Å². The van der Waals surface area contributed by atoms with Crippen molar-refractivity contribution in [1.82, 2.24) is 9.47 Å². The maximum Gasteiger partial charge on any atom is 0.335 e. The molecule has 1 heterocycles. The largest absolute Gasteiger partial charge is 0.478 e. The Hall–Kier alpha value is -3.33. The van der Waals surface area contributed by atoms with Crippen LogP contribution in [0.2, 0.25) is 0 Å². The molecule has 0 radical (unpaired) electrons. The van der Waals surface area contributed by atoms with Crippen molar-refractivity contribution in [2.24, 2.45) is 0 Å². The maximum absolute atomic E-state index is 13.0. The van der Waals surface area contributed by atoms with Gasteiger partial charge in [0.05, 0.1) is 10.5 Å². The fourth-order valence-corrected chi connectivity index (χ4v) is 4.52. The molecule has 0 bridgehead atoms. The van der Waals surface area contributed by atoms with E-state index >= 15 is 0 Å². The minimum atomic E-state index is -4.00. The molecule has 0 spiro atoms. The SMILES string of the molecule is Cc1cc(C(=O)O)cc(S(=O)(=O)Nc2ccc3c(ccn3CC(=O)N(C)C)c2)c1C. The number of carbonyl (C=O) groups is 2. The van der Waals surface area contributed by atoms with E-state index in [1.807, 2.05) is 0 Å². The Morgan fingerprint density at radius 3 is 2.43 bits per heavy atom. The number of fused-ring (bicyclic) bond motifs is 1. The number of carboxylic acid groups (broad SMARTS) is 1. The van der Waals surface area contributed by atoms with Gasteiger partial charge in [-0.3, -0.25) is 9.52 Å². The third kappa shape index (κ3) is 4.16. The Kier molecular flexibility index (Phi) is 5.58. The van der Waals surface area contributed by atoms with Gasteiger partial charge in [-0.25, -0.2) is 13.2 Å². The summed E-state index contributed by atoms with van der Waals surface area (Å²) in [5, 5.41) is 10.0. The number of aryl methyl sites for hydroxylation is 1. The first-order chi connectivity index (χ1) is 14.0. The molecule has 158 valence electrons. The number of likely N-dealkylation sites (N-methyl/N-ethyl adjacent to an activating group) is 1. The lowest BCUT2D eigenvalue weighted by Gasteiger charge is -2.14. The lowest BCUT2D eigenvalue weighted by molar-refractivity contribution is -0.129. The highest BCUT2D eigenvalue weighted by Crippen LogP contribution is 2.26. The molecule has 0 aliphatic rings. The number of hydrogen-bond donors (Lipinski definition) is 2. The standard InChI is InChI=1S/C21H23N3O5S/c1-13-9-16(21(26)27)11-19(14(13)2)30(28,29)22-17-5-6-18-15(10-17)7-8-24(18)12-20(25)23(3)4/h5-11,22H,12H2,1-4H3,(H,26,27). The van der Waals surface area contributed by atoms with E-state index in [1.54, 1.807) is 63.0 Å². The van der Waals surface area contributed by atoms with Crippen LogP contribution in [-0.2, 0) is 21.4 Å². The summed E-state index contributed by atoms with van der Waals surface area (Å²) in [5.74, 6) is -1.24. The molecule has 0 unspecified atom stereocenters. The van der Waals surface area contributed by atoms with Crippen LogP contribution in [0.25, 0.3) is 10.9 Å². The Morgan fingerprint density at radius 1 is 1.10 bits per heavy atom. The van der Waals surface area contributed by atoms with E-state index in [4.69, 9.17) is 0 Å². The van der Waals surface area contributed by atoms with Crippen molar-refractivity contribution in [2.45, 2.75) is 25.3 Å². The zero-order valence-electron chi connectivity index (χ0n) is 17.1. The first-order valence-corrected chi connectivity index (χ1v) is 10.6. The molecule has 3 rings (SSSR count). The molecule has 3 aromatic rings. The van der Waals surface area contributed by atoms with Crippen molar-refractivity contribution in [1.29, 1.82) is 0 Å².